The summed E-state index contributed by atoms with van der Waals surface area (Å²) in [5, 5.41) is 7.81. The molecule has 1 spiro atoms. The summed E-state index contributed by atoms with van der Waals surface area (Å²) in [5.74, 6) is -1.55. The molecule has 0 bridgehead atoms. The number of fused-ring (bicyclic) bond motifs is 1. The maximum Gasteiger partial charge on any atom is 0.433 e. The Labute approximate surface area is 315 Å². The lowest BCUT2D eigenvalue weighted by atomic mass is 9.57. The van der Waals surface area contributed by atoms with Crippen LogP contribution in [0.15, 0.2) is 48.7 Å². The highest BCUT2D eigenvalue weighted by Crippen LogP contribution is 2.53. The molecule has 4 fully saturated rings. The monoisotopic (exact) mass is 761 g/mol. The SMILES string of the molecule is COc1cc2c(cnn2C2CCN(CC3CC4(CCN(c5ccc(C6CCC(=O)NC6=O)cc5F)CC4)C3)CC2)cc1-c1ccc(C(F)(F)F)nc1C(N)=O. The van der Waals surface area contributed by atoms with E-state index in [9.17, 15) is 27.6 Å². The second kappa shape index (κ2) is 14.2. The first kappa shape index (κ1) is 36.9. The number of pyridine rings is 1. The fourth-order valence-electron chi connectivity index (χ4n) is 9.41. The minimum atomic E-state index is -4.73. The van der Waals surface area contributed by atoms with E-state index in [1.54, 1.807) is 24.4 Å². The summed E-state index contributed by atoms with van der Waals surface area (Å²) in [7, 11) is 1.46. The van der Waals surface area contributed by atoms with Gasteiger partial charge in [0.1, 0.15) is 23.0 Å². The van der Waals surface area contributed by atoms with Gasteiger partial charge in [0.2, 0.25) is 11.8 Å². The number of halogens is 4. The number of alkyl halides is 3. The van der Waals surface area contributed by atoms with E-state index in [0.29, 0.717) is 40.3 Å². The third kappa shape index (κ3) is 7.14. The second-order valence-corrected chi connectivity index (χ2v) is 15.7. The number of nitrogens with one attached hydrogen (secondary N) is 1. The number of ether oxygens (including phenoxy) is 1. The zero-order valence-electron chi connectivity index (χ0n) is 30.5. The van der Waals surface area contributed by atoms with Gasteiger partial charge >= 0.3 is 6.18 Å². The summed E-state index contributed by atoms with van der Waals surface area (Å²) in [6.07, 6.45) is 3.87. The number of aromatic nitrogens is 3. The summed E-state index contributed by atoms with van der Waals surface area (Å²) < 4.78 is 63.0. The van der Waals surface area contributed by atoms with E-state index in [0.717, 1.165) is 75.4 Å². The van der Waals surface area contributed by atoms with Gasteiger partial charge in [-0.25, -0.2) is 9.37 Å². The van der Waals surface area contributed by atoms with Gasteiger partial charge in [0.15, 0.2) is 0 Å². The largest absolute Gasteiger partial charge is 0.496 e. The molecule has 11 nitrogen and oxygen atoms in total. The molecule has 1 unspecified atom stereocenters. The Kier molecular flexibility index (Phi) is 9.54. The summed E-state index contributed by atoms with van der Waals surface area (Å²) in [6, 6.07) is 10.8. The minimum Gasteiger partial charge on any atom is -0.496 e. The smallest absolute Gasteiger partial charge is 0.433 e. The number of nitrogens with zero attached hydrogens (tertiary/aromatic N) is 5. The molecule has 0 radical (unpaired) electrons. The number of rotatable bonds is 8. The van der Waals surface area contributed by atoms with Gasteiger partial charge in [0, 0.05) is 61.7 Å². The number of anilines is 1. The van der Waals surface area contributed by atoms with Crippen molar-refractivity contribution in [3.63, 3.8) is 0 Å². The van der Waals surface area contributed by atoms with E-state index in [1.807, 2.05) is 10.7 Å². The predicted octanol–water partition coefficient (Wildman–Crippen LogP) is 6.22. The average molecular weight is 762 g/mol. The predicted molar refractivity (Wildman–Crippen MR) is 196 cm³/mol. The number of nitrogens with two attached hydrogens (primary N) is 1. The van der Waals surface area contributed by atoms with E-state index in [2.05, 4.69) is 20.1 Å². The minimum absolute atomic E-state index is 0.149. The van der Waals surface area contributed by atoms with Crippen LogP contribution in [0.3, 0.4) is 0 Å². The highest BCUT2D eigenvalue weighted by molar-refractivity contribution is 6.01. The fourth-order valence-corrected chi connectivity index (χ4v) is 9.41. The van der Waals surface area contributed by atoms with Gasteiger partial charge in [-0.2, -0.15) is 18.3 Å². The molecular weight excluding hydrogens is 718 g/mol. The number of methoxy groups -OCH3 is 1. The lowest BCUT2D eigenvalue weighted by molar-refractivity contribution is -0.141. The van der Waals surface area contributed by atoms with Crippen molar-refractivity contribution < 1.29 is 36.7 Å². The molecule has 290 valence electrons. The first-order valence-corrected chi connectivity index (χ1v) is 18.8. The molecule has 1 atom stereocenters. The van der Waals surface area contributed by atoms with Crippen molar-refractivity contribution in [1.82, 2.24) is 25.0 Å². The van der Waals surface area contributed by atoms with Crippen LogP contribution in [-0.2, 0) is 15.8 Å². The van der Waals surface area contributed by atoms with Crippen molar-refractivity contribution >= 4 is 34.3 Å². The summed E-state index contributed by atoms with van der Waals surface area (Å²) in [5.41, 5.74) is 6.64. The van der Waals surface area contributed by atoms with Crippen LogP contribution in [0.4, 0.5) is 23.2 Å². The highest BCUT2D eigenvalue weighted by Gasteiger charge is 2.46. The number of carbonyl (C=O) groups is 3. The molecular formula is C40H43F4N7O4. The molecule has 3 saturated heterocycles. The van der Waals surface area contributed by atoms with Gasteiger partial charge in [0.25, 0.3) is 5.91 Å². The number of hydrogen-bond donors (Lipinski definition) is 2. The molecule has 4 aromatic rings. The number of likely N-dealkylation sites (tertiary alicyclic amines) is 1. The van der Waals surface area contributed by atoms with Crippen molar-refractivity contribution in [1.29, 1.82) is 0 Å². The number of imide groups is 1. The van der Waals surface area contributed by atoms with E-state index >= 15 is 4.39 Å². The number of hydrogen-bond acceptors (Lipinski definition) is 8. The number of piperidine rings is 3. The molecule has 15 heteroatoms. The van der Waals surface area contributed by atoms with Gasteiger partial charge in [0.05, 0.1) is 36.5 Å². The first-order chi connectivity index (χ1) is 26.3. The van der Waals surface area contributed by atoms with Crippen LogP contribution < -0.4 is 20.7 Å². The van der Waals surface area contributed by atoms with Crippen LogP contribution in [0.1, 0.15) is 85.1 Å². The molecule has 4 aliphatic rings. The maximum atomic E-state index is 15.3. The molecule has 8 rings (SSSR count). The standard InChI is InChI=1S/C40H43F4N7O4/c1-55-33-18-32-25(16-29(33)28-3-6-34(40(42,43)44)47-36(28)37(45)53)21-46-51(32)26-8-12-49(13-9-26)22-23-19-39(20-23)10-14-50(15-11-39)31-5-2-24(17-30(31)41)27-4-7-35(52)48-38(27)54/h2-3,5-6,16-18,21,23,26-27H,4,7-15,19-20,22H2,1H3,(H2,45,53)(H,48,52,54). The van der Waals surface area contributed by atoms with Crippen LogP contribution >= 0.6 is 0 Å². The Morgan fingerprint density at radius 3 is 2.40 bits per heavy atom. The topological polar surface area (TPSA) is 136 Å². The molecule has 3 N–H and O–H groups in total. The molecule has 3 amide bonds. The van der Waals surface area contributed by atoms with Crippen LogP contribution in [0.2, 0.25) is 0 Å². The third-order valence-corrected chi connectivity index (χ3v) is 12.3. The van der Waals surface area contributed by atoms with Crippen molar-refractivity contribution in [2.45, 2.75) is 69.5 Å². The molecule has 1 saturated carbocycles. The number of primary amides is 1. The molecule has 1 aliphatic carbocycles. The fraction of sp³-hybridized carbons (Fsp3) is 0.475. The number of carbonyl (C=O) groups excluding carboxylic acids is 3. The lowest BCUT2D eigenvalue weighted by Crippen LogP contribution is -2.50. The Morgan fingerprint density at radius 2 is 1.75 bits per heavy atom. The normalized spacial score (nSPS) is 21.2. The van der Waals surface area contributed by atoms with Crippen molar-refractivity contribution in [2.75, 3.05) is 44.7 Å². The number of amides is 3. The molecule has 2 aromatic heterocycles. The Hall–Kier alpha value is -5.05. The zero-order chi connectivity index (χ0) is 38.6. The third-order valence-electron chi connectivity index (χ3n) is 12.3. The summed E-state index contributed by atoms with van der Waals surface area (Å²) in [6.45, 7) is 4.52. The molecule has 5 heterocycles. The summed E-state index contributed by atoms with van der Waals surface area (Å²) >= 11 is 0. The molecule has 2 aromatic carbocycles. The van der Waals surface area contributed by atoms with E-state index in [-0.39, 0.29) is 35.7 Å². The van der Waals surface area contributed by atoms with E-state index in [4.69, 9.17) is 15.6 Å². The quantitative estimate of drug-likeness (QED) is 0.160. The van der Waals surface area contributed by atoms with Crippen LogP contribution in [0.5, 0.6) is 5.75 Å². The summed E-state index contributed by atoms with van der Waals surface area (Å²) in [4.78, 5) is 44.2. The van der Waals surface area contributed by atoms with Crippen LogP contribution in [0, 0.1) is 17.2 Å². The van der Waals surface area contributed by atoms with Crippen LogP contribution in [-0.4, -0.2) is 77.2 Å². The maximum absolute atomic E-state index is 15.3. The first-order valence-electron chi connectivity index (χ1n) is 18.8. The zero-order valence-corrected chi connectivity index (χ0v) is 30.5. The van der Waals surface area contributed by atoms with Crippen LogP contribution in [0.25, 0.3) is 22.0 Å². The van der Waals surface area contributed by atoms with Crippen molar-refractivity contribution in [2.24, 2.45) is 17.1 Å². The number of benzene rings is 2. The van der Waals surface area contributed by atoms with Gasteiger partial charge in [-0.05, 0) is 92.2 Å². The molecule has 3 aliphatic heterocycles. The highest BCUT2D eigenvalue weighted by atomic mass is 19.4. The lowest BCUT2D eigenvalue weighted by Gasteiger charge is -2.54. The van der Waals surface area contributed by atoms with E-state index in [1.165, 1.54) is 32.1 Å². The second-order valence-electron chi connectivity index (χ2n) is 15.7. The Morgan fingerprint density at radius 1 is 1.00 bits per heavy atom. The van der Waals surface area contributed by atoms with Gasteiger partial charge in [-0.1, -0.05) is 6.07 Å². The van der Waals surface area contributed by atoms with E-state index < -0.39 is 29.4 Å². The Balaban J connectivity index is 0.850. The van der Waals surface area contributed by atoms with Gasteiger partial charge < -0.3 is 20.3 Å². The average Bonchev–Trinajstić information content (AvgIpc) is 3.56. The van der Waals surface area contributed by atoms with Gasteiger partial charge in [-0.15, -0.1) is 0 Å². The molecule has 55 heavy (non-hydrogen) atoms. The van der Waals surface area contributed by atoms with Crippen molar-refractivity contribution in [3.05, 3.63) is 71.4 Å². The Bertz CT molecular complexity index is 2150. The van der Waals surface area contributed by atoms with Crippen molar-refractivity contribution in [3.8, 4) is 16.9 Å². The van der Waals surface area contributed by atoms with Gasteiger partial charge in [-0.3, -0.25) is 24.4 Å².